The molecule has 0 unspecified atom stereocenters. The highest BCUT2D eigenvalue weighted by atomic mass is 32.2. The molecule has 2 heterocycles. The fourth-order valence-electron chi connectivity index (χ4n) is 2.79. The Morgan fingerprint density at radius 2 is 1.91 bits per heavy atom. The van der Waals surface area contributed by atoms with Gasteiger partial charge in [-0.15, -0.1) is 0 Å². The van der Waals surface area contributed by atoms with Gasteiger partial charge in [-0.25, -0.2) is 9.48 Å². The van der Waals surface area contributed by atoms with Gasteiger partial charge in [0.15, 0.2) is 0 Å². The summed E-state index contributed by atoms with van der Waals surface area (Å²) < 4.78 is 1.94. The van der Waals surface area contributed by atoms with Crippen molar-refractivity contribution in [1.82, 2.24) is 20.0 Å². The molecule has 1 fully saturated rings. The van der Waals surface area contributed by atoms with Gasteiger partial charge in [0, 0.05) is 42.4 Å². The highest BCUT2D eigenvalue weighted by Crippen LogP contribution is 2.18. The molecule has 1 aliphatic heterocycles. The molecule has 122 valence electrons. The summed E-state index contributed by atoms with van der Waals surface area (Å²) in [5.74, 6) is 2.05. The van der Waals surface area contributed by atoms with Gasteiger partial charge in [-0.1, -0.05) is 18.2 Å². The summed E-state index contributed by atoms with van der Waals surface area (Å²) in [5, 5.41) is 7.66. The third-order valence-electron chi connectivity index (χ3n) is 4.16. The molecule has 0 saturated carbocycles. The van der Waals surface area contributed by atoms with Crippen molar-refractivity contribution in [2.75, 3.05) is 24.6 Å². The first-order valence-corrected chi connectivity index (χ1v) is 9.03. The van der Waals surface area contributed by atoms with Crippen molar-refractivity contribution in [3.05, 3.63) is 47.3 Å². The number of rotatable bonds is 3. The zero-order valence-corrected chi connectivity index (χ0v) is 14.4. The predicted octanol–water partition coefficient (Wildman–Crippen LogP) is 2.75. The molecule has 6 heteroatoms. The molecule has 3 rings (SSSR count). The molecule has 0 bridgehead atoms. The van der Waals surface area contributed by atoms with Gasteiger partial charge < -0.3 is 10.2 Å². The molecule has 1 saturated heterocycles. The number of carbonyl (C=O) groups excluding carboxylic acids is 1. The van der Waals surface area contributed by atoms with Crippen molar-refractivity contribution in [2.24, 2.45) is 0 Å². The minimum Gasteiger partial charge on any atom is -0.334 e. The number of carbonyl (C=O) groups is 1. The first kappa shape index (κ1) is 15.9. The molecule has 1 aromatic heterocycles. The number of urea groups is 1. The summed E-state index contributed by atoms with van der Waals surface area (Å²) in [6.07, 6.45) is 0. The maximum Gasteiger partial charge on any atom is 0.317 e. The van der Waals surface area contributed by atoms with Gasteiger partial charge in [-0.05, 0) is 26.0 Å². The van der Waals surface area contributed by atoms with Crippen molar-refractivity contribution >= 4 is 17.8 Å². The number of amides is 2. The number of aromatic nitrogens is 2. The molecule has 0 radical (unpaired) electrons. The number of thioether (sulfide) groups is 1. The van der Waals surface area contributed by atoms with Crippen LogP contribution in [0.1, 0.15) is 17.0 Å². The summed E-state index contributed by atoms with van der Waals surface area (Å²) in [6, 6.07) is 10.1. The van der Waals surface area contributed by atoms with Gasteiger partial charge in [0.2, 0.25) is 0 Å². The van der Waals surface area contributed by atoms with E-state index in [0.29, 0.717) is 6.54 Å². The number of aryl methyl sites for hydroxylation is 1. The molecule has 2 amide bonds. The third kappa shape index (κ3) is 3.52. The Hall–Kier alpha value is -1.95. The number of para-hydroxylation sites is 1. The van der Waals surface area contributed by atoms with Crippen LogP contribution in [0.5, 0.6) is 0 Å². The van der Waals surface area contributed by atoms with E-state index in [9.17, 15) is 4.79 Å². The summed E-state index contributed by atoms with van der Waals surface area (Å²) in [6.45, 7) is 6.22. The van der Waals surface area contributed by atoms with Crippen molar-refractivity contribution < 1.29 is 4.79 Å². The van der Waals surface area contributed by atoms with Crippen LogP contribution in [0.2, 0.25) is 0 Å². The lowest BCUT2D eigenvalue weighted by Gasteiger charge is -2.26. The Kier molecular flexibility index (Phi) is 4.91. The summed E-state index contributed by atoms with van der Waals surface area (Å²) in [4.78, 5) is 14.1. The number of nitrogens with zero attached hydrogens (tertiary/aromatic N) is 3. The second kappa shape index (κ2) is 7.08. The van der Waals surface area contributed by atoms with E-state index in [1.165, 1.54) is 0 Å². The van der Waals surface area contributed by atoms with Crippen molar-refractivity contribution in [2.45, 2.75) is 20.4 Å². The highest BCUT2D eigenvalue weighted by Gasteiger charge is 2.18. The second-order valence-electron chi connectivity index (χ2n) is 5.65. The van der Waals surface area contributed by atoms with Gasteiger partial charge >= 0.3 is 6.03 Å². The van der Waals surface area contributed by atoms with E-state index >= 15 is 0 Å². The minimum atomic E-state index is 0.0246. The highest BCUT2D eigenvalue weighted by molar-refractivity contribution is 7.99. The summed E-state index contributed by atoms with van der Waals surface area (Å²) >= 11 is 1.90. The van der Waals surface area contributed by atoms with E-state index in [2.05, 4.69) is 10.4 Å². The normalized spacial score (nSPS) is 14.8. The number of hydrogen-bond acceptors (Lipinski definition) is 3. The molecule has 23 heavy (non-hydrogen) atoms. The molecule has 2 aromatic rings. The van der Waals surface area contributed by atoms with Crippen molar-refractivity contribution in [3.8, 4) is 5.69 Å². The van der Waals surface area contributed by atoms with Crippen LogP contribution in [0.25, 0.3) is 5.69 Å². The average Bonchev–Trinajstić information content (AvgIpc) is 2.88. The molecular formula is C17H22N4OS. The van der Waals surface area contributed by atoms with E-state index < -0.39 is 0 Å². The maximum atomic E-state index is 12.2. The van der Waals surface area contributed by atoms with Crippen LogP contribution >= 0.6 is 11.8 Å². The molecule has 0 aliphatic carbocycles. The molecule has 5 nitrogen and oxygen atoms in total. The van der Waals surface area contributed by atoms with Gasteiger partial charge in [0.25, 0.3) is 0 Å². The van der Waals surface area contributed by atoms with Crippen LogP contribution in [-0.2, 0) is 6.54 Å². The van der Waals surface area contributed by atoms with Crippen LogP contribution in [0.3, 0.4) is 0 Å². The van der Waals surface area contributed by atoms with Gasteiger partial charge in [-0.2, -0.15) is 16.9 Å². The van der Waals surface area contributed by atoms with E-state index in [-0.39, 0.29) is 6.03 Å². The van der Waals surface area contributed by atoms with Gasteiger partial charge in [-0.3, -0.25) is 0 Å². The largest absolute Gasteiger partial charge is 0.334 e. The first-order valence-electron chi connectivity index (χ1n) is 7.88. The van der Waals surface area contributed by atoms with Crippen molar-refractivity contribution in [3.63, 3.8) is 0 Å². The van der Waals surface area contributed by atoms with Gasteiger partial charge in [0.1, 0.15) is 0 Å². The third-order valence-corrected chi connectivity index (χ3v) is 5.10. The fraction of sp³-hybridized carbons (Fsp3) is 0.412. The average molecular weight is 330 g/mol. The zero-order valence-electron chi connectivity index (χ0n) is 13.6. The monoisotopic (exact) mass is 330 g/mol. The SMILES string of the molecule is Cc1nn(-c2ccccc2)c(C)c1CNC(=O)N1CCSCC1. The smallest absolute Gasteiger partial charge is 0.317 e. The van der Waals surface area contributed by atoms with Crippen LogP contribution in [-0.4, -0.2) is 45.3 Å². The number of hydrogen-bond donors (Lipinski definition) is 1. The van der Waals surface area contributed by atoms with Gasteiger partial charge in [0.05, 0.1) is 11.4 Å². The van der Waals surface area contributed by atoms with E-state index in [4.69, 9.17) is 0 Å². The number of benzene rings is 1. The number of nitrogens with one attached hydrogen (secondary N) is 1. The lowest BCUT2D eigenvalue weighted by atomic mass is 10.2. The molecular weight excluding hydrogens is 308 g/mol. The minimum absolute atomic E-state index is 0.0246. The van der Waals surface area contributed by atoms with E-state index in [1.807, 2.05) is 65.5 Å². The van der Waals surface area contributed by atoms with Crippen LogP contribution in [0.4, 0.5) is 4.79 Å². The molecule has 1 aromatic carbocycles. The Morgan fingerprint density at radius 1 is 1.22 bits per heavy atom. The van der Waals surface area contributed by atoms with E-state index in [1.54, 1.807) is 0 Å². The second-order valence-corrected chi connectivity index (χ2v) is 6.88. The zero-order chi connectivity index (χ0) is 16.2. The standard InChI is InChI=1S/C17H22N4OS/c1-13-16(12-18-17(22)20-8-10-23-11-9-20)14(2)21(19-13)15-6-4-3-5-7-15/h3-7H,8-12H2,1-2H3,(H,18,22). The Balaban J connectivity index is 1.71. The molecule has 1 N–H and O–H groups in total. The fourth-order valence-corrected chi connectivity index (χ4v) is 3.70. The summed E-state index contributed by atoms with van der Waals surface area (Å²) in [7, 11) is 0. The van der Waals surface area contributed by atoms with E-state index in [0.717, 1.165) is 47.2 Å². The van der Waals surface area contributed by atoms with Crippen LogP contribution < -0.4 is 5.32 Å². The quantitative estimate of drug-likeness (QED) is 0.941. The molecule has 0 spiro atoms. The van der Waals surface area contributed by atoms with Crippen molar-refractivity contribution in [1.29, 1.82) is 0 Å². The summed E-state index contributed by atoms with van der Waals surface area (Å²) in [5.41, 5.74) is 4.16. The van der Waals surface area contributed by atoms with Crippen LogP contribution in [0, 0.1) is 13.8 Å². The first-order chi connectivity index (χ1) is 11.2. The molecule has 0 atom stereocenters. The maximum absolute atomic E-state index is 12.2. The lowest BCUT2D eigenvalue weighted by molar-refractivity contribution is 0.202. The Labute approximate surface area is 141 Å². The Bertz CT molecular complexity index is 677. The molecule has 1 aliphatic rings. The van der Waals surface area contributed by atoms with Crippen LogP contribution in [0.15, 0.2) is 30.3 Å². The predicted molar refractivity (Wildman–Crippen MR) is 94.2 cm³/mol. The Morgan fingerprint density at radius 3 is 2.61 bits per heavy atom. The lowest BCUT2D eigenvalue weighted by Crippen LogP contribution is -2.44. The topological polar surface area (TPSA) is 50.2 Å².